The van der Waals surface area contributed by atoms with Crippen molar-refractivity contribution in [3.05, 3.63) is 29.8 Å². The minimum absolute atomic E-state index is 0.221. The van der Waals surface area contributed by atoms with Crippen LogP contribution in [0.15, 0.2) is 29.2 Å². The van der Waals surface area contributed by atoms with Gasteiger partial charge in [-0.1, -0.05) is 12.1 Å². The lowest BCUT2D eigenvalue weighted by Crippen LogP contribution is -2.29. The van der Waals surface area contributed by atoms with Gasteiger partial charge < -0.3 is 11.5 Å². The molecule has 6 heteroatoms. The van der Waals surface area contributed by atoms with Crippen LogP contribution in [0.5, 0.6) is 0 Å². The first kappa shape index (κ1) is 12.1. The van der Waals surface area contributed by atoms with E-state index in [4.69, 9.17) is 11.5 Å². The minimum atomic E-state index is -3.44. The lowest BCUT2D eigenvalue weighted by atomic mass is 10.2. The first-order valence-corrected chi connectivity index (χ1v) is 6.07. The Bertz CT molecular complexity index is 417. The quantitative estimate of drug-likeness (QED) is 0.627. The van der Waals surface area contributed by atoms with Crippen molar-refractivity contribution >= 4 is 10.0 Å². The molecule has 0 amide bonds. The average molecular weight is 229 g/mol. The molecule has 15 heavy (non-hydrogen) atoms. The summed E-state index contributed by atoms with van der Waals surface area (Å²) in [5.74, 6) is 0. The van der Waals surface area contributed by atoms with Crippen LogP contribution in [0, 0.1) is 0 Å². The van der Waals surface area contributed by atoms with Crippen molar-refractivity contribution in [2.45, 2.75) is 11.4 Å². The van der Waals surface area contributed by atoms with Crippen LogP contribution in [-0.4, -0.2) is 21.5 Å². The molecule has 0 unspecified atom stereocenters. The van der Waals surface area contributed by atoms with Gasteiger partial charge in [0.2, 0.25) is 10.0 Å². The molecule has 0 spiro atoms. The zero-order valence-electron chi connectivity index (χ0n) is 8.31. The monoisotopic (exact) mass is 229 g/mol. The van der Waals surface area contributed by atoms with E-state index in [2.05, 4.69) is 4.72 Å². The van der Waals surface area contributed by atoms with Gasteiger partial charge in [-0.25, -0.2) is 13.1 Å². The van der Waals surface area contributed by atoms with Crippen LogP contribution in [0.1, 0.15) is 5.56 Å². The van der Waals surface area contributed by atoms with Crippen LogP contribution in [0.2, 0.25) is 0 Å². The molecule has 0 heterocycles. The summed E-state index contributed by atoms with van der Waals surface area (Å²) in [6.07, 6.45) is 0. The number of hydrogen-bond donors (Lipinski definition) is 3. The van der Waals surface area contributed by atoms with Crippen LogP contribution >= 0.6 is 0 Å². The molecule has 0 aromatic heterocycles. The Morgan fingerprint density at radius 3 is 2.60 bits per heavy atom. The third-order valence-corrected chi connectivity index (χ3v) is 3.34. The Morgan fingerprint density at radius 1 is 1.27 bits per heavy atom. The van der Waals surface area contributed by atoms with E-state index in [-0.39, 0.29) is 18.0 Å². The molecule has 84 valence electrons. The lowest BCUT2D eigenvalue weighted by molar-refractivity contribution is 0.582. The van der Waals surface area contributed by atoms with E-state index in [0.717, 1.165) is 5.56 Å². The van der Waals surface area contributed by atoms with E-state index in [1.807, 2.05) is 0 Å². The van der Waals surface area contributed by atoms with Crippen molar-refractivity contribution in [1.29, 1.82) is 0 Å². The van der Waals surface area contributed by atoms with Crippen molar-refractivity contribution in [2.24, 2.45) is 11.5 Å². The van der Waals surface area contributed by atoms with Gasteiger partial charge >= 0.3 is 0 Å². The number of hydrogen-bond acceptors (Lipinski definition) is 4. The maximum absolute atomic E-state index is 11.7. The Morgan fingerprint density at radius 2 is 2.00 bits per heavy atom. The van der Waals surface area contributed by atoms with Gasteiger partial charge in [0, 0.05) is 19.6 Å². The molecule has 0 aliphatic rings. The van der Waals surface area contributed by atoms with Gasteiger partial charge in [0.05, 0.1) is 4.90 Å². The molecule has 1 rings (SSSR count). The minimum Gasteiger partial charge on any atom is -0.329 e. The zero-order chi connectivity index (χ0) is 11.3. The highest BCUT2D eigenvalue weighted by molar-refractivity contribution is 7.89. The highest BCUT2D eigenvalue weighted by atomic mass is 32.2. The van der Waals surface area contributed by atoms with Crippen LogP contribution in [0.3, 0.4) is 0 Å². The fraction of sp³-hybridized carbons (Fsp3) is 0.333. The van der Waals surface area contributed by atoms with E-state index in [9.17, 15) is 8.42 Å². The predicted molar refractivity (Wildman–Crippen MR) is 58.6 cm³/mol. The maximum Gasteiger partial charge on any atom is 0.240 e. The highest BCUT2D eigenvalue weighted by Crippen LogP contribution is 2.10. The molecule has 1 aromatic rings. The molecule has 0 bridgehead atoms. The van der Waals surface area contributed by atoms with Gasteiger partial charge in [0.15, 0.2) is 0 Å². The van der Waals surface area contributed by atoms with Gasteiger partial charge in [0.25, 0.3) is 0 Å². The summed E-state index contributed by atoms with van der Waals surface area (Å²) >= 11 is 0. The molecule has 0 aliphatic carbocycles. The van der Waals surface area contributed by atoms with Gasteiger partial charge in [0.1, 0.15) is 0 Å². The number of nitrogens with one attached hydrogen (secondary N) is 1. The molecule has 5 nitrogen and oxygen atoms in total. The van der Waals surface area contributed by atoms with Gasteiger partial charge in [-0.05, 0) is 17.7 Å². The van der Waals surface area contributed by atoms with Crippen molar-refractivity contribution in [1.82, 2.24) is 4.72 Å². The molecule has 0 saturated heterocycles. The maximum atomic E-state index is 11.7. The van der Waals surface area contributed by atoms with Crippen LogP contribution in [-0.2, 0) is 16.6 Å². The van der Waals surface area contributed by atoms with Crippen LogP contribution < -0.4 is 16.2 Å². The number of nitrogens with two attached hydrogens (primary N) is 2. The van der Waals surface area contributed by atoms with Crippen molar-refractivity contribution in [2.75, 3.05) is 13.1 Å². The van der Waals surface area contributed by atoms with Crippen molar-refractivity contribution < 1.29 is 8.42 Å². The molecule has 1 aromatic carbocycles. The Balaban J connectivity index is 2.94. The molecular weight excluding hydrogens is 214 g/mol. The van der Waals surface area contributed by atoms with E-state index in [0.29, 0.717) is 6.54 Å². The summed E-state index contributed by atoms with van der Waals surface area (Å²) in [5, 5.41) is 0. The zero-order valence-corrected chi connectivity index (χ0v) is 9.13. The van der Waals surface area contributed by atoms with Gasteiger partial charge in [-0.3, -0.25) is 0 Å². The second-order valence-corrected chi connectivity index (χ2v) is 4.80. The summed E-state index contributed by atoms with van der Waals surface area (Å²) < 4.78 is 25.7. The molecule has 0 aliphatic heterocycles. The summed E-state index contributed by atoms with van der Waals surface area (Å²) in [4.78, 5) is 0.221. The van der Waals surface area contributed by atoms with Gasteiger partial charge in [-0.15, -0.1) is 0 Å². The first-order valence-electron chi connectivity index (χ1n) is 4.59. The molecule has 5 N–H and O–H groups in total. The second kappa shape index (κ2) is 5.22. The molecule has 0 radical (unpaired) electrons. The first-order chi connectivity index (χ1) is 7.10. The molecular formula is C9H15N3O2S. The third kappa shape index (κ3) is 3.28. The van der Waals surface area contributed by atoms with Crippen molar-refractivity contribution in [3.8, 4) is 0 Å². The largest absolute Gasteiger partial charge is 0.329 e. The molecule has 0 saturated carbocycles. The Kier molecular flexibility index (Phi) is 4.22. The predicted octanol–water partition coefficient (Wildman–Crippen LogP) is -0.618. The lowest BCUT2D eigenvalue weighted by Gasteiger charge is -2.06. The second-order valence-electron chi connectivity index (χ2n) is 3.04. The summed E-state index contributed by atoms with van der Waals surface area (Å²) in [6.45, 7) is 0.825. The topological polar surface area (TPSA) is 98.2 Å². The number of benzene rings is 1. The van der Waals surface area contributed by atoms with Crippen molar-refractivity contribution in [3.63, 3.8) is 0 Å². The average Bonchev–Trinajstić information content (AvgIpc) is 2.26. The van der Waals surface area contributed by atoms with E-state index in [1.54, 1.807) is 18.2 Å². The van der Waals surface area contributed by atoms with E-state index < -0.39 is 10.0 Å². The van der Waals surface area contributed by atoms with E-state index >= 15 is 0 Å². The summed E-state index contributed by atoms with van der Waals surface area (Å²) in [6, 6.07) is 6.53. The summed E-state index contributed by atoms with van der Waals surface area (Å²) in [5.41, 5.74) is 11.4. The smallest absolute Gasteiger partial charge is 0.240 e. The Labute approximate surface area is 89.5 Å². The van der Waals surface area contributed by atoms with E-state index in [1.165, 1.54) is 6.07 Å². The van der Waals surface area contributed by atoms with Crippen LogP contribution in [0.4, 0.5) is 0 Å². The normalized spacial score (nSPS) is 11.6. The SMILES string of the molecule is NCCNS(=O)(=O)c1cccc(CN)c1. The van der Waals surface area contributed by atoms with Gasteiger partial charge in [-0.2, -0.15) is 0 Å². The standard InChI is InChI=1S/C9H15N3O2S/c10-4-5-12-15(13,14)9-3-1-2-8(6-9)7-11/h1-3,6,12H,4-5,7,10-11H2. The highest BCUT2D eigenvalue weighted by Gasteiger charge is 2.12. The number of sulfonamides is 1. The third-order valence-electron chi connectivity index (χ3n) is 1.88. The Hall–Kier alpha value is -0.950. The summed E-state index contributed by atoms with van der Waals surface area (Å²) in [7, 11) is -3.44. The number of rotatable bonds is 5. The van der Waals surface area contributed by atoms with Crippen LogP contribution in [0.25, 0.3) is 0 Å². The molecule has 0 atom stereocenters. The fourth-order valence-corrected chi connectivity index (χ4v) is 2.23. The fourth-order valence-electron chi connectivity index (χ4n) is 1.12. The molecule has 0 fully saturated rings.